The van der Waals surface area contributed by atoms with Gasteiger partial charge in [0.25, 0.3) is 11.8 Å². The average molecular weight is 429 g/mol. The fraction of sp³-hybridized carbons (Fsp3) is 0.227. The topological polar surface area (TPSA) is 58.6 Å². The Morgan fingerprint density at radius 1 is 1.21 bits per heavy atom. The molecule has 0 bridgehead atoms. The molecule has 1 atom stereocenters. The summed E-state index contributed by atoms with van der Waals surface area (Å²) < 4.78 is 5.93. The van der Waals surface area contributed by atoms with Crippen LogP contribution in [0.25, 0.3) is 6.08 Å². The molecule has 5 nitrogen and oxygen atoms in total. The maximum absolute atomic E-state index is 13.2. The molecule has 150 valence electrons. The van der Waals surface area contributed by atoms with Gasteiger partial charge in [-0.3, -0.25) is 19.8 Å². The van der Waals surface area contributed by atoms with Crippen molar-refractivity contribution >= 4 is 52.5 Å². The Kier molecular flexibility index (Phi) is 6.35. The number of nitrogens with one attached hydrogen (secondary N) is 1. The summed E-state index contributed by atoms with van der Waals surface area (Å²) in [6.45, 7) is 5.78. The van der Waals surface area contributed by atoms with Crippen LogP contribution in [0.2, 0.25) is 5.02 Å². The Balaban J connectivity index is 2.04. The normalized spacial score (nSPS) is 16.8. The second-order valence-corrected chi connectivity index (χ2v) is 7.51. The minimum Gasteiger partial charge on any atom is -0.490 e. The molecule has 0 aromatic heterocycles. The number of amides is 2. The Bertz CT molecular complexity index is 1020. The zero-order valence-corrected chi connectivity index (χ0v) is 17.9. The lowest BCUT2D eigenvalue weighted by Crippen LogP contribution is -2.54. The van der Waals surface area contributed by atoms with Gasteiger partial charge in [-0.1, -0.05) is 42.8 Å². The van der Waals surface area contributed by atoms with Crippen molar-refractivity contribution in [2.24, 2.45) is 0 Å². The molecule has 1 unspecified atom stereocenters. The highest BCUT2D eigenvalue weighted by Gasteiger charge is 2.35. The summed E-state index contributed by atoms with van der Waals surface area (Å²) in [6.07, 6.45) is 2.37. The summed E-state index contributed by atoms with van der Waals surface area (Å²) in [5.41, 5.74) is 1.84. The molecule has 29 heavy (non-hydrogen) atoms. The molecule has 0 radical (unpaired) electrons. The van der Waals surface area contributed by atoms with Crippen LogP contribution in [0.15, 0.2) is 48.0 Å². The Morgan fingerprint density at radius 2 is 1.93 bits per heavy atom. The van der Waals surface area contributed by atoms with Crippen LogP contribution in [0.3, 0.4) is 0 Å². The SMILES string of the molecule is CCC(C)Oc1ccccc1C=C1C(=O)NC(=S)N(c2cccc(Cl)c2C)C1=O. The molecule has 2 aromatic carbocycles. The van der Waals surface area contributed by atoms with Crippen molar-refractivity contribution < 1.29 is 14.3 Å². The number of halogens is 1. The Hall–Kier alpha value is -2.70. The third kappa shape index (κ3) is 4.33. The molecule has 2 aromatic rings. The van der Waals surface area contributed by atoms with Crippen molar-refractivity contribution in [2.75, 3.05) is 4.90 Å². The van der Waals surface area contributed by atoms with Gasteiger partial charge in [-0.2, -0.15) is 0 Å². The number of thiocarbonyl (C=S) groups is 1. The van der Waals surface area contributed by atoms with Gasteiger partial charge in [0.05, 0.1) is 11.8 Å². The van der Waals surface area contributed by atoms with E-state index in [4.69, 9.17) is 28.6 Å². The molecule has 0 spiro atoms. The van der Waals surface area contributed by atoms with E-state index < -0.39 is 11.8 Å². The third-order valence-corrected chi connectivity index (χ3v) is 5.40. The quantitative estimate of drug-likeness (QED) is 0.427. The van der Waals surface area contributed by atoms with Crippen molar-refractivity contribution in [3.63, 3.8) is 0 Å². The lowest BCUT2D eigenvalue weighted by atomic mass is 10.1. The molecule has 1 saturated heterocycles. The highest BCUT2D eigenvalue weighted by Crippen LogP contribution is 2.30. The first-order chi connectivity index (χ1) is 13.8. The van der Waals surface area contributed by atoms with Crippen LogP contribution < -0.4 is 15.0 Å². The lowest BCUT2D eigenvalue weighted by Gasteiger charge is -2.30. The number of carbonyl (C=O) groups excluding carboxylic acids is 2. The molecule has 1 N–H and O–H groups in total. The van der Waals surface area contributed by atoms with Crippen molar-refractivity contribution in [3.8, 4) is 5.75 Å². The zero-order chi connectivity index (χ0) is 21.1. The maximum Gasteiger partial charge on any atom is 0.270 e. The number of ether oxygens (including phenoxy) is 1. The molecule has 2 amide bonds. The molecule has 7 heteroatoms. The van der Waals surface area contributed by atoms with Crippen LogP contribution >= 0.6 is 23.8 Å². The van der Waals surface area contributed by atoms with E-state index in [1.165, 1.54) is 11.0 Å². The largest absolute Gasteiger partial charge is 0.490 e. The minimum atomic E-state index is -0.547. The summed E-state index contributed by atoms with van der Waals surface area (Å²) in [5.74, 6) is -0.453. The van der Waals surface area contributed by atoms with E-state index in [1.54, 1.807) is 31.2 Å². The van der Waals surface area contributed by atoms with Crippen molar-refractivity contribution in [3.05, 3.63) is 64.2 Å². The molecule has 1 aliphatic rings. The molecule has 1 heterocycles. The molecular weight excluding hydrogens is 408 g/mol. The fourth-order valence-electron chi connectivity index (χ4n) is 2.88. The number of para-hydroxylation sites is 1. The van der Waals surface area contributed by atoms with Gasteiger partial charge in [-0.25, -0.2) is 0 Å². The highest BCUT2D eigenvalue weighted by atomic mass is 35.5. The molecular formula is C22H21ClN2O3S. The summed E-state index contributed by atoms with van der Waals surface area (Å²) in [5, 5.41) is 3.12. The van der Waals surface area contributed by atoms with E-state index in [-0.39, 0.29) is 16.8 Å². The van der Waals surface area contributed by atoms with Crippen LogP contribution in [0.1, 0.15) is 31.4 Å². The van der Waals surface area contributed by atoms with Gasteiger partial charge >= 0.3 is 0 Å². The number of rotatable bonds is 5. The number of hydrogen-bond donors (Lipinski definition) is 1. The van der Waals surface area contributed by atoms with Gasteiger partial charge in [0.15, 0.2) is 5.11 Å². The second kappa shape index (κ2) is 8.76. The predicted molar refractivity (Wildman–Crippen MR) is 119 cm³/mol. The summed E-state index contributed by atoms with van der Waals surface area (Å²) >= 11 is 11.5. The Labute approximate surface area is 180 Å². The van der Waals surface area contributed by atoms with Crippen LogP contribution in [-0.4, -0.2) is 23.0 Å². The highest BCUT2D eigenvalue weighted by molar-refractivity contribution is 7.80. The van der Waals surface area contributed by atoms with Crippen LogP contribution in [0.5, 0.6) is 5.75 Å². The van der Waals surface area contributed by atoms with Crippen molar-refractivity contribution in [2.45, 2.75) is 33.3 Å². The lowest BCUT2D eigenvalue weighted by molar-refractivity contribution is -0.122. The minimum absolute atomic E-state index is 0.00335. The van der Waals surface area contributed by atoms with Crippen molar-refractivity contribution in [1.29, 1.82) is 0 Å². The third-order valence-electron chi connectivity index (χ3n) is 4.70. The van der Waals surface area contributed by atoms with Gasteiger partial charge in [0.1, 0.15) is 11.3 Å². The van der Waals surface area contributed by atoms with Crippen molar-refractivity contribution in [1.82, 2.24) is 5.32 Å². The summed E-state index contributed by atoms with van der Waals surface area (Å²) in [4.78, 5) is 27.1. The van der Waals surface area contributed by atoms with Gasteiger partial charge in [0, 0.05) is 10.6 Å². The van der Waals surface area contributed by atoms with Gasteiger partial charge in [-0.15, -0.1) is 0 Å². The smallest absolute Gasteiger partial charge is 0.270 e. The van der Waals surface area contributed by atoms with E-state index in [0.717, 1.165) is 6.42 Å². The molecule has 1 fully saturated rings. The Morgan fingerprint density at radius 3 is 2.66 bits per heavy atom. The number of anilines is 1. The first kappa shape index (κ1) is 21.0. The van der Waals surface area contributed by atoms with E-state index >= 15 is 0 Å². The zero-order valence-electron chi connectivity index (χ0n) is 16.4. The predicted octanol–water partition coefficient (Wildman–Crippen LogP) is 4.66. The molecule has 3 rings (SSSR count). The van der Waals surface area contributed by atoms with Gasteiger partial charge < -0.3 is 4.74 Å². The number of carbonyl (C=O) groups is 2. The second-order valence-electron chi connectivity index (χ2n) is 6.72. The van der Waals surface area contributed by atoms with E-state index in [2.05, 4.69) is 5.32 Å². The van der Waals surface area contributed by atoms with Gasteiger partial charge in [-0.05, 0) is 62.3 Å². The molecule has 0 aliphatic carbocycles. The molecule has 0 saturated carbocycles. The summed E-state index contributed by atoms with van der Waals surface area (Å²) in [6, 6.07) is 12.5. The maximum atomic E-state index is 13.2. The standard InChI is InChI=1S/C22H21ClN2O3S/c1-4-13(2)28-19-11-6-5-8-15(19)12-16-20(26)24-22(29)25(21(16)27)18-10-7-9-17(23)14(18)3/h5-13H,4H2,1-3H3,(H,24,26,29). The first-order valence-electron chi connectivity index (χ1n) is 9.25. The number of hydrogen-bond acceptors (Lipinski definition) is 4. The average Bonchev–Trinajstić information content (AvgIpc) is 2.69. The number of benzene rings is 2. The summed E-state index contributed by atoms with van der Waals surface area (Å²) in [7, 11) is 0. The first-order valence-corrected chi connectivity index (χ1v) is 10.0. The monoisotopic (exact) mass is 428 g/mol. The van der Waals surface area contributed by atoms with Gasteiger partial charge in [0.2, 0.25) is 0 Å². The number of nitrogens with zero attached hydrogens (tertiary/aromatic N) is 1. The van der Waals surface area contributed by atoms with E-state index in [1.807, 2.05) is 32.0 Å². The molecule has 1 aliphatic heterocycles. The van der Waals surface area contributed by atoms with E-state index in [0.29, 0.717) is 27.6 Å². The van der Waals surface area contributed by atoms with Crippen LogP contribution in [0, 0.1) is 6.92 Å². The van der Waals surface area contributed by atoms with Crippen LogP contribution in [-0.2, 0) is 9.59 Å². The fourth-order valence-corrected chi connectivity index (χ4v) is 3.32. The van der Waals surface area contributed by atoms with Crippen LogP contribution in [0.4, 0.5) is 5.69 Å². The van der Waals surface area contributed by atoms with E-state index in [9.17, 15) is 9.59 Å².